The van der Waals surface area contributed by atoms with Crippen molar-refractivity contribution in [2.24, 2.45) is 11.8 Å². The fourth-order valence-electron chi connectivity index (χ4n) is 2.78. The zero-order chi connectivity index (χ0) is 10.9. The molecule has 1 nitrogen and oxygen atoms in total. The first-order chi connectivity index (χ1) is 7.17. The molecule has 0 aromatic rings. The van der Waals surface area contributed by atoms with E-state index in [2.05, 4.69) is 37.2 Å². The van der Waals surface area contributed by atoms with Crippen LogP contribution < -0.4 is 5.32 Å². The molecule has 88 valence electrons. The van der Waals surface area contributed by atoms with Gasteiger partial charge in [-0.3, -0.25) is 0 Å². The third kappa shape index (κ3) is 2.71. The molecule has 2 saturated carbocycles. The van der Waals surface area contributed by atoms with Gasteiger partial charge in [-0.05, 0) is 37.4 Å². The lowest BCUT2D eigenvalue weighted by atomic mass is 9.78. The van der Waals surface area contributed by atoms with Gasteiger partial charge in [0.15, 0.2) is 0 Å². The number of rotatable bonds is 4. The summed E-state index contributed by atoms with van der Waals surface area (Å²) >= 11 is 2.07. The molecule has 0 saturated heterocycles. The molecule has 2 rings (SSSR count). The van der Waals surface area contributed by atoms with Crippen molar-refractivity contribution in [3.8, 4) is 0 Å². The summed E-state index contributed by atoms with van der Waals surface area (Å²) in [4.78, 5) is 0. The minimum absolute atomic E-state index is 0.625. The van der Waals surface area contributed by atoms with E-state index in [1.165, 1.54) is 38.6 Å². The van der Waals surface area contributed by atoms with Crippen LogP contribution in [0, 0.1) is 11.8 Å². The molecule has 0 heterocycles. The zero-order valence-corrected chi connectivity index (χ0v) is 11.2. The van der Waals surface area contributed by atoms with E-state index in [1.807, 2.05) is 0 Å². The van der Waals surface area contributed by atoms with Crippen LogP contribution in [0.4, 0.5) is 0 Å². The van der Waals surface area contributed by atoms with Crippen molar-refractivity contribution in [2.45, 2.75) is 56.7 Å². The number of hydrogen-bond donors (Lipinski definition) is 1. The smallest absolute Gasteiger partial charge is 0.0282 e. The summed E-state index contributed by atoms with van der Waals surface area (Å²) in [6.07, 6.45) is 9.38. The molecule has 3 atom stereocenters. The Morgan fingerprint density at radius 3 is 2.60 bits per heavy atom. The second kappa shape index (κ2) is 4.67. The molecule has 0 aromatic carbocycles. The van der Waals surface area contributed by atoms with Crippen molar-refractivity contribution in [3.05, 3.63) is 0 Å². The quantitative estimate of drug-likeness (QED) is 0.791. The fraction of sp³-hybridized carbons (Fsp3) is 1.00. The van der Waals surface area contributed by atoms with Crippen LogP contribution >= 0.6 is 11.8 Å². The molecule has 2 fully saturated rings. The van der Waals surface area contributed by atoms with E-state index in [9.17, 15) is 0 Å². The number of nitrogens with one attached hydrogen (secondary N) is 1. The van der Waals surface area contributed by atoms with Gasteiger partial charge in [0.2, 0.25) is 0 Å². The van der Waals surface area contributed by atoms with Gasteiger partial charge >= 0.3 is 0 Å². The summed E-state index contributed by atoms with van der Waals surface area (Å²) in [6.45, 7) is 6.09. The Balaban J connectivity index is 1.78. The highest BCUT2D eigenvalue weighted by Crippen LogP contribution is 2.46. The lowest BCUT2D eigenvalue weighted by molar-refractivity contribution is 0.207. The fourth-order valence-corrected chi connectivity index (χ4v) is 3.52. The van der Waals surface area contributed by atoms with Crippen molar-refractivity contribution in [1.29, 1.82) is 0 Å². The van der Waals surface area contributed by atoms with Crippen LogP contribution in [0.3, 0.4) is 0 Å². The minimum atomic E-state index is 0.625. The zero-order valence-electron chi connectivity index (χ0n) is 10.4. The summed E-state index contributed by atoms with van der Waals surface area (Å²) in [7, 11) is 0. The molecular weight excluding hydrogens is 202 g/mol. The standard InChI is InChI=1S/C13H25NS/c1-10-5-4-6-12(11(10)2)14-9-13(15-3)7-8-13/h10-12,14H,4-9H2,1-3H3. The van der Waals surface area contributed by atoms with Crippen molar-refractivity contribution in [3.63, 3.8) is 0 Å². The van der Waals surface area contributed by atoms with E-state index >= 15 is 0 Å². The number of thioether (sulfide) groups is 1. The van der Waals surface area contributed by atoms with Gasteiger partial charge in [-0.1, -0.05) is 26.7 Å². The number of hydrogen-bond acceptors (Lipinski definition) is 2. The molecule has 3 unspecified atom stereocenters. The van der Waals surface area contributed by atoms with Crippen LogP contribution in [0.25, 0.3) is 0 Å². The summed E-state index contributed by atoms with van der Waals surface area (Å²) in [5.41, 5.74) is 0. The first-order valence-corrected chi connectivity index (χ1v) is 7.68. The Bertz CT molecular complexity index is 213. The van der Waals surface area contributed by atoms with Gasteiger partial charge < -0.3 is 5.32 Å². The van der Waals surface area contributed by atoms with E-state index < -0.39 is 0 Å². The summed E-state index contributed by atoms with van der Waals surface area (Å²) in [6, 6.07) is 0.790. The Hall–Kier alpha value is 0.310. The van der Waals surface area contributed by atoms with Crippen molar-refractivity contribution < 1.29 is 0 Å². The Kier molecular flexibility index (Phi) is 3.67. The van der Waals surface area contributed by atoms with Gasteiger partial charge in [-0.2, -0.15) is 11.8 Å². The minimum Gasteiger partial charge on any atom is -0.312 e. The molecule has 2 aliphatic rings. The van der Waals surface area contributed by atoms with Crippen LogP contribution in [0.15, 0.2) is 0 Å². The predicted octanol–water partition coefficient (Wildman–Crippen LogP) is 3.30. The highest BCUT2D eigenvalue weighted by Gasteiger charge is 2.42. The average molecular weight is 227 g/mol. The van der Waals surface area contributed by atoms with Crippen molar-refractivity contribution >= 4 is 11.8 Å². The molecular formula is C13H25NS. The molecule has 2 aliphatic carbocycles. The van der Waals surface area contributed by atoms with E-state index in [-0.39, 0.29) is 0 Å². The third-order valence-corrected chi connectivity index (χ3v) is 6.05. The lowest BCUT2D eigenvalue weighted by Gasteiger charge is -2.35. The summed E-state index contributed by atoms with van der Waals surface area (Å²) in [5.74, 6) is 1.79. The molecule has 0 amide bonds. The van der Waals surface area contributed by atoms with Crippen LogP contribution in [0.1, 0.15) is 46.0 Å². The molecule has 0 spiro atoms. The molecule has 15 heavy (non-hydrogen) atoms. The van der Waals surface area contributed by atoms with E-state index in [0.717, 1.165) is 17.9 Å². The van der Waals surface area contributed by atoms with E-state index in [4.69, 9.17) is 0 Å². The SMILES string of the molecule is CSC1(CNC2CCCC(C)C2C)CC1. The third-order valence-electron chi connectivity index (χ3n) is 4.63. The van der Waals surface area contributed by atoms with Crippen molar-refractivity contribution in [2.75, 3.05) is 12.8 Å². The average Bonchev–Trinajstić information content (AvgIpc) is 3.01. The maximum Gasteiger partial charge on any atom is 0.0282 e. The van der Waals surface area contributed by atoms with E-state index in [1.54, 1.807) is 0 Å². The maximum absolute atomic E-state index is 3.83. The van der Waals surface area contributed by atoms with Crippen LogP contribution in [0.2, 0.25) is 0 Å². The highest BCUT2D eigenvalue weighted by molar-refractivity contribution is 8.00. The normalized spacial score (nSPS) is 39.0. The largest absolute Gasteiger partial charge is 0.312 e. The second-order valence-corrected chi connectivity index (χ2v) is 6.92. The monoisotopic (exact) mass is 227 g/mol. The molecule has 2 heteroatoms. The Morgan fingerprint density at radius 1 is 1.27 bits per heavy atom. The first kappa shape index (κ1) is 11.8. The maximum atomic E-state index is 3.83. The molecule has 0 aliphatic heterocycles. The van der Waals surface area contributed by atoms with Gasteiger partial charge in [0.05, 0.1) is 0 Å². The molecule has 0 bridgehead atoms. The van der Waals surface area contributed by atoms with Gasteiger partial charge in [-0.15, -0.1) is 0 Å². The topological polar surface area (TPSA) is 12.0 Å². The lowest BCUT2D eigenvalue weighted by Crippen LogP contribution is -2.43. The Morgan fingerprint density at radius 2 is 2.00 bits per heavy atom. The van der Waals surface area contributed by atoms with Crippen molar-refractivity contribution in [1.82, 2.24) is 5.32 Å². The molecule has 0 aromatic heterocycles. The van der Waals surface area contributed by atoms with Gasteiger partial charge in [0.25, 0.3) is 0 Å². The molecule has 0 radical (unpaired) electrons. The first-order valence-electron chi connectivity index (χ1n) is 6.45. The summed E-state index contributed by atoms with van der Waals surface area (Å²) in [5, 5.41) is 3.83. The second-order valence-electron chi connectivity index (χ2n) is 5.64. The van der Waals surface area contributed by atoms with Gasteiger partial charge in [0.1, 0.15) is 0 Å². The van der Waals surface area contributed by atoms with Crippen LogP contribution in [0.5, 0.6) is 0 Å². The summed E-state index contributed by atoms with van der Waals surface area (Å²) < 4.78 is 0.625. The van der Waals surface area contributed by atoms with E-state index in [0.29, 0.717) is 4.75 Å². The highest BCUT2D eigenvalue weighted by atomic mass is 32.2. The Labute approximate surface area is 98.8 Å². The predicted molar refractivity (Wildman–Crippen MR) is 69.4 cm³/mol. The van der Waals surface area contributed by atoms with Gasteiger partial charge in [-0.25, -0.2) is 0 Å². The molecule has 1 N–H and O–H groups in total. The van der Waals surface area contributed by atoms with Crippen LogP contribution in [-0.2, 0) is 0 Å². The van der Waals surface area contributed by atoms with Crippen LogP contribution in [-0.4, -0.2) is 23.6 Å². The van der Waals surface area contributed by atoms with Gasteiger partial charge in [0, 0.05) is 17.3 Å².